The molecular weight excluding hydrogens is 348 g/mol. The first-order valence-electron chi connectivity index (χ1n) is 11.5. The van der Waals surface area contributed by atoms with Crippen LogP contribution in [0.3, 0.4) is 0 Å². The van der Waals surface area contributed by atoms with Gasteiger partial charge in [-0.25, -0.2) is 0 Å². The third-order valence-corrected chi connectivity index (χ3v) is 9.26. The Kier molecular flexibility index (Phi) is 4.49. The smallest absolute Gasteiger partial charge is 0.245 e. The average molecular weight is 389 g/mol. The minimum absolute atomic E-state index is 0.00698. The fourth-order valence-electron chi connectivity index (χ4n) is 7.64. The van der Waals surface area contributed by atoms with Gasteiger partial charge in [0, 0.05) is 11.5 Å². The SMILES string of the molecule is CC(C)(C)C(=O)NC1(C)C[C@@]2(C)[C@@H](CC[C@H]3[C@@H]4CCC[C@@]4(C)CC[C@@H]32)NC1=O. The summed E-state index contributed by atoms with van der Waals surface area (Å²) in [6.07, 6.45) is 9.92. The molecule has 0 spiro atoms. The largest absolute Gasteiger partial charge is 0.351 e. The van der Waals surface area contributed by atoms with E-state index in [1.54, 1.807) is 0 Å². The third kappa shape index (κ3) is 2.92. The molecule has 28 heavy (non-hydrogen) atoms. The molecule has 2 N–H and O–H groups in total. The molecular formula is C24H40N2O2. The molecule has 0 aromatic rings. The summed E-state index contributed by atoms with van der Waals surface area (Å²) in [5.41, 5.74) is -0.687. The number of hydrogen-bond donors (Lipinski definition) is 2. The van der Waals surface area contributed by atoms with Crippen LogP contribution in [0.4, 0.5) is 0 Å². The van der Waals surface area contributed by atoms with Gasteiger partial charge in [0.15, 0.2) is 0 Å². The first kappa shape index (κ1) is 20.2. The number of rotatable bonds is 1. The van der Waals surface area contributed by atoms with Crippen molar-refractivity contribution in [2.24, 2.45) is 34.0 Å². The Balaban J connectivity index is 1.62. The van der Waals surface area contributed by atoms with Gasteiger partial charge in [-0.1, -0.05) is 41.0 Å². The fourth-order valence-corrected chi connectivity index (χ4v) is 7.64. The molecule has 4 aliphatic rings. The molecule has 0 aromatic heterocycles. The molecule has 3 aliphatic carbocycles. The topological polar surface area (TPSA) is 58.2 Å². The highest BCUT2D eigenvalue weighted by atomic mass is 16.2. The van der Waals surface area contributed by atoms with Gasteiger partial charge >= 0.3 is 0 Å². The summed E-state index contributed by atoms with van der Waals surface area (Å²) < 4.78 is 0. The maximum Gasteiger partial charge on any atom is 0.245 e. The zero-order chi connectivity index (χ0) is 20.5. The van der Waals surface area contributed by atoms with Crippen molar-refractivity contribution >= 4 is 11.8 Å². The summed E-state index contributed by atoms with van der Waals surface area (Å²) in [6, 6.07) is 0.256. The van der Waals surface area contributed by atoms with Gasteiger partial charge in [-0.15, -0.1) is 0 Å². The van der Waals surface area contributed by atoms with Gasteiger partial charge < -0.3 is 10.6 Å². The lowest BCUT2D eigenvalue weighted by atomic mass is 9.46. The van der Waals surface area contributed by atoms with E-state index in [0.29, 0.717) is 11.3 Å². The maximum absolute atomic E-state index is 13.0. The molecule has 3 saturated carbocycles. The number of hydrogen-bond acceptors (Lipinski definition) is 2. The molecule has 7 atom stereocenters. The molecule has 4 fully saturated rings. The van der Waals surface area contributed by atoms with Crippen LogP contribution in [0.2, 0.25) is 0 Å². The quantitative estimate of drug-likeness (QED) is 0.698. The molecule has 4 rings (SSSR count). The van der Waals surface area contributed by atoms with Gasteiger partial charge in [-0.3, -0.25) is 9.59 Å². The van der Waals surface area contributed by atoms with E-state index in [2.05, 4.69) is 24.5 Å². The van der Waals surface area contributed by atoms with E-state index in [9.17, 15) is 9.59 Å². The molecule has 1 unspecified atom stereocenters. The van der Waals surface area contributed by atoms with Gasteiger partial charge in [-0.05, 0) is 80.5 Å². The van der Waals surface area contributed by atoms with Crippen LogP contribution in [0.15, 0.2) is 0 Å². The number of amides is 2. The predicted octanol–water partition coefficient (Wildman–Crippen LogP) is 4.43. The summed E-state index contributed by atoms with van der Waals surface area (Å²) in [5, 5.41) is 6.50. The van der Waals surface area contributed by atoms with Crippen LogP contribution in [-0.2, 0) is 9.59 Å². The molecule has 1 saturated heterocycles. The number of piperidine rings is 1. The van der Waals surface area contributed by atoms with Crippen LogP contribution in [0.5, 0.6) is 0 Å². The van der Waals surface area contributed by atoms with E-state index in [1.807, 2.05) is 27.7 Å². The van der Waals surface area contributed by atoms with Crippen LogP contribution in [0.25, 0.3) is 0 Å². The molecule has 0 aromatic carbocycles. The van der Waals surface area contributed by atoms with Crippen molar-refractivity contribution in [3.8, 4) is 0 Å². The summed E-state index contributed by atoms with van der Waals surface area (Å²) in [5.74, 6) is 2.28. The van der Waals surface area contributed by atoms with Crippen LogP contribution in [0, 0.1) is 34.0 Å². The first-order valence-corrected chi connectivity index (χ1v) is 11.5. The molecule has 4 nitrogen and oxygen atoms in total. The van der Waals surface area contributed by atoms with Crippen molar-refractivity contribution in [1.29, 1.82) is 0 Å². The number of fused-ring (bicyclic) bond motifs is 5. The summed E-state index contributed by atoms with van der Waals surface area (Å²) >= 11 is 0. The average Bonchev–Trinajstić information content (AvgIpc) is 2.97. The van der Waals surface area contributed by atoms with Crippen LogP contribution < -0.4 is 10.6 Å². The lowest BCUT2D eigenvalue weighted by Crippen LogP contribution is -2.71. The highest BCUT2D eigenvalue weighted by Gasteiger charge is 2.61. The highest BCUT2D eigenvalue weighted by molar-refractivity contribution is 5.93. The van der Waals surface area contributed by atoms with Gasteiger partial charge in [0.25, 0.3) is 0 Å². The summed E-state index contributed by atoms with van der Waals surface area (Å²) in [7, 11) is 0. The van der Waals surface area contributed by atoms with Crippen molar-refractivity contribution < 1.29 is 9.59 Å². The molecule has 0 bridgehead atoms. The minimum Gasteiger partial charge on any atom is -0.351 e. The summed E-state index contributed by atoms with van der Waals surface area (Å²) in [6.45, 7) is 12.6. The minimum atomic E-state index is -0.812. The molecule has 1 aliphatic heterocycles. The molecule has 1 heterocycles. The van der Waals surface area contributed by atoms with Crippen LogP contribution in [-0.4, -0.2) is 23.4 Å². The standard InChI is InChI=1S/C24H40N2O2/c1-21(2,3)19(27)26-24(6)14-23(5)17-11-13-22(4)12-7-8-16(22)15(17)9-10-18(23)25-20(24)28/h15-18H,7-14H2,1-6H3,(H,25,28)(H,26,27)/t15-,16-,17-,18+,22-,23+,24?/m0/s1. The van der Waals surface area contributed by atoms with Crippen molar-refractivity contribution in [3.05, 3.63) is 0 Å². The van der Waals surface area contributed by atoms with E-state index in [1.165, 1.54) is 38.5 Å². The van der Waals surface area contributed by atoms with Gasteiger partial charge in [0.05, 0.1) is 0 Å². The van der Waals surface area contributed by atoms with Gasteiger partial charge in [-0.2, -0.15) is 0 Å². The molecule has 2 amide bonds. The third-order valence-electron chi connectivity index (χ3n) is 9.26. The van der Waals surface area contributed by atoms with Gasteiger partial charge in [0.2, 0.25) is 11.8 Å². The zero-order valence-corrected chi connectivity index (χ0v) is 18.8. The Bertz CT molecular complexity index is 683. The highest BCUT2D eigenvalue weighted by Crippen LogP contribution is 2.64. The second-order valence-electron chi connectivity index (χ2n) is 12.3. The first-order chi connectivity index (χ1) is 12.9. The molecule has 158 valence electrons. The van der Waals surface area contributed by atoms with E-state index in [-0.39, 0.29) is 23.3 Å². The van der Waals surface area contributed by atoms with Crippen molar-refractivity contribution in [2.75, 3.05) is 0 Å². The van der Waals surface area contributed by atoms with Crippen molar-refractivity contribution in [1.82, 2.24) is 10.6 Å². The Morgan fingerprint density at radius 1 is 1.04 bits per heavy atom. The van der Waals surface area contributed by atoms with Crippen LogP contribution >= 0.6 is 0 Å². The second kappa shape index (κ2) is 6.22. The maximum atomic E-state index is 13.0. The predicted molar refractivity (Wildman–Crippen MR) is 112 cm³/mol. The van der Waals surface area contributed by atoms with Crippen molar-refractivity contribution in [2.45, 2.75) is 104 Å². The van der Waals surface area contributed by atoms with E-state index in [4.69, 9.17) is 0 Å². The normalized spacial score (nSPS) is 48.1. The molecule has 0 radical (unpaired) electrons. The monoisotopic (exact) mass is 388 g/mol. The second-order valence-corrected chi connectivity index (χ2v) is 12.3. The Labute approximate surface area is 171 Å². The number of carbonyl (C=O) groups excluding carboxylic acids is 2. The Morgan fingerprint density at radius 2 is 1.75 bits per heavy atom. The number of nitrogens with one attached hydrogen (secondary N) is 2. The summed E-state index contributed by atoms with van der Waals surface area (Å²) in [4.78, 5) is 25.8. The Morgan fingerprint density at radius 3 is 2.43 bits per heavy atom. The molecule has 4 heteroatoms. The van der Waals surface area contributed by atoms with E-state index >= 15 is 0 Å². The Hall–Kier alpha value is -1.06. The van der Waals surface area contributed by atoms with E-state index < -0.39 is 11.0 Å². The number of carbonyl (C=O) groups is 2. The van der Waals surface area contributed by atoms with E-state index in [0.717, 1.165) is 24.7 Å². The van der Waals surface area contributed by atoms with Gasteiger partial charge in [0.1, 0.15) is 5.54 Å². The van der Waals surface area contributed by atoms with Crippen molar-refractivity contribution in [3.63, 3.8) is 0 Å². The fraction of sp³-hybridized carbons (Fsp3) is 0.917. The lowest BCUT2D eigenvalue weighted by Gasteiger charge is -2.62. The lowest BCUT2D eigenvalue weighted by molar-refractivity contribution is -0.152. The van der Waals surface area contributed by atoms with Crippen LogP contribution in [0.1, 0.15) is 92.9 Å². The zero-order valence-electron chi connectivity index (χ0n) is 18.8.